The molecule has 1 unspecified atom stereocenters. The molecule has 0 saturated carbocycles. The zero-order valence-corrected chi connectivity index (χ0v) is 24.5. The lowest BCUT2D eigenvalue weighted by molar-refractivity contribution is -0.112. The largest absolute Gasteiger partial charge is 0.360 e. The summed E-state index contributed by atoms with van der Waals surface area (Å²) in [7, 11) is -4.95. The molecule has 0 aliphatic rings. The van der Waals surface area contributed by atoms with E-state index in [1.165, 1.54) is 10.6 Å². The zero-order chi connectivity index (χ0) is 27.4. The predicted octanol–water partition coefficient (Wildman–Crippen LogP) is 5.02. The molecule has 1 aromatic heterocycles. The highest BCUT2D eigenvalue weighted by atomic mass is 35.5. The lowest BCUT2D eigenvalue weighted by Crippen LogP contribution is -2.34. The average Bonchev–Trinajstić information content (AvgIpc) is 3.24. The Balaban J connectivity index is 2.15. The molecular formula is C27H34ClN3O4SSi. The van der Waals surface area contributed by atoms with E-state index in [-0.39, 0.29) is 6.73 Å². The van der Waals surface area contributed by atoms with Gasteiger partial charge in [-0.25, -0.2) is 12.7 Å². The first-order chi connectivity index (χ1) is 17.3. The van der Waals surface area contributed by atoms with E-state index in [2.05, 4.69) is 31.5 Å². The van der Waals surface area contributed by atoms with Crippen molar-refractivity contribution < 1.29 is 17.9 Å². The SMILES string of the molecule is CCC(C#CC(N)=O)(c1ccc(Cl)cc1)n1ccc2c(N(COCC[Si](C)(C)C)S(C)(=O)=O)cccc21. The van der Waals surface area contributed by atoms with Crippen LogP contribution in [0.25, 0.3) is 10.9 Å². The molecule has 0 fully saturated rings. The van der Waals surface area contributed by atoms with Gasteiger partial charge >= 0.3 is 0 Å². The average molecular weight is 560 g/mol. The van der Waals surface area contributed by atoms with E-state index >= 15 is 0 Å². The summed E-state index contributed by atoms with van der Waals surface area (Å²) < 4.78 is 34.7. The molecule has 1 heterocycles. The zero-order valence-electron chi connectivity index (χ0n) is 21.9. The smallest absolute Gasteiger partial charge is 0.293 e. The van der Waals surface area contributed by atoms with Gasteiger partial charge in [-0.15, -0.1) is 0 Å². The Bertz CT molecular complexity index is 1440. The standard InChI is InChI=1S/C27H34ClN3O4SSi/c1-6-27(16-14-26(29)32,21-10-12-22(28)13-11-21)30-17-15-23-24(30)8-7-9-25(23)31(36(2,33)34)20-35-18-19-37(3,4)5/h7-13,15,17H,6,18-20H2,1-5H3,(H2,29,32). The second kappa shape index (κ2) is 11.3. The first-order valence-corrected chi connectivity index (χ1v) is 18.0. The summed E-state index contributed by atoms with van der Waals surface area (Å²) in [6.07, 6.45) is 3.54. The third-order valence-corrected chi connectivity index (χ3v) is 9.28. The topological polar surface area (TPSA) is 94.6 Å². The fourth-order valence-corrected chi connectivity index (χ4v) is 5.86. The Labute approximate surface area is 225 Å². The van der Waals surface area contributed by atoms with Gasteiger partial charge in [-0.2, -0.15) is 0 Å². The number of nitrogens with two attached hydrogens (primary N) is 1. The van der Waals surface area contributed by atoms with E-state index in [0.717, 1.165) is 22.5 Å². The van der Waals surface area contributed by atoms with Gasteiger partial charge in [-0.3, -0.25) is 4.79 Å². The van der Waals surface area contributed by atoms with Crippen LogP contribution in [0.4, 0.5) is 5.69 Å². The number of anilines is 1. The fourth-order valence-electron chi connectivity index (χ4n) is 4.20. The molecule has 0 aliphatic heterocycles. The van der Waals surface area contributed by atoms with Crippen LogP contribution < -0.4 is 10.0 Å². The molecule has 2 N–H and O–H groups in total. The molecule has 0 saturated heterocycles. The molecule has 198 valence electrons. The van der Waals surface area contributed by atoms with Crippen molar-refractivity contribution in [3.05, 3.63) is 65.3 Å². The lowest BCUT2D eigenvalue weighted by Gasteiger charge is -2.31. The molecule has 0 aliphatic carbocycles. The summed E-state index contributed by atoms with van der Waals surface area (Å²) in [5.74, 6) is 4.88. The molecule has 1 atom stereocenters. The first-order valence-electron chi connectivity index (χ1n) is 12.0. The summed E-state index contributed by atoms with van der Waals surface area (Å²) in [6, 6.07) is 15.5. The highest BCUT2D eigenvalue weighted by molar-refractivity contribution is 7.92. The molecule has 37 heavy (non-hydrogen) atoms. The van der Waals surface area contributed by atoms with Gasteiger partial charge in [0.05, 0.1) is 17.5 Å². The van der Waals surface area contributed by atoms with E-state index in [9.17, 15) is 13.2 Å². The molecular weight excluding hydrogens is 526 g/mol. The molecule has 2 aromatic carbocycles. The van der Waals surface area contributed by atoms with Gasteiger partial charge in [0, 0.05) is 31.3 Å². The van der Waals surface area contributed by atoms with Gasteiger partial charge in [-0.1, -0.05) is 62.3 Å². The highest BCUT2D eigenvalue weighted by Gasteiger charge is 2.33. The Hall–Kier alpha value is -2.77. The van der Waals surface area contributed by atoms with Crippen LogP contribution in [-0.4, -0.2) is 46.6 Å². The minimum Gasteiger partial charge on any atom is -0.360 e. The Morgan fingerprint density at radius 1 is 1.16 bits per heavy atom. The molecule has 10 heteroatoms. The summed E-state index contributed by atoms with van der Waals surface area (Å²) >= 11 is 6.14. The van der Waals surface area contributed by atoms with Gasteiger partial charge in [0.15, 0.2) is 0 Å². The van der Waals surface area contributed by atoms with Crippen molar-refractivity contribution in [1.82, 2.24) is 4.57 Å². The highest BCUT2D eigenvalue weighted by Crippen LogP contribution is 2.37. The van der Waals surface area contributed by atoms with E-state index in [0.29, 0.717) is 23.7 Å². The van der Waals surface area contributed by atoms with E-state index in [1.54, 1.807) is 24.3 Å². The second-order valence-electron chi connectivity index (χ2n) is 10.2. The molecule has 3 rings (SSSR count). The number of nitrogens with zero attached hydrogens (tertiary/aromatic N) is 2. The number of carbonyl (C=O) groups excluding carboxylic acids is 1. The van der Waals surface area contributed by atoms with Crippen LogP contribution in [-0.2, 0) is 25.1 Å². The number of fused-ring (bicyclic) bond motifs is 1. The lowest BCUT2D eigenvalue weighted by atomic mass is 9.87. The number of sulfonamides is 1. The van der Waals surface area contributed by atoms with Crippen molar-refractivity contribution >= 4 is 52.2 Å². The van der Waals surface area contributed by atoms with Crippen molar-refractivity contribution in [1.29, 1.82) is 0 Å². The predicted molar refractivity (Wildman–Crippen MR) is 154 cm³/mol. The van der Waals surface area contributed by atoms with Crippen LogP contribution in [0.2, 0.25) is 30.7 Å². The summed E-state index contributed by atoms with van der Waals surface area (Å²) in [6.45, 7) is 9.12. The Morgan fingerprint density at radius 2 is 1.84 bits per heavy atom. The number of carbonyl (C=O) groups is 1. The number of primary amides is 1. The van der Waals surface area contributed by atoms with E-state index in [4.69, 9.17) is 22.1 Å². The maximum absolute atomic E-state index is 12.8. The van der Waals surface area contributed by atoms with Gasteiger partial charge in [0.25, 0.3) is 5.91 Å². The van der Waals surface area contributed by atoms with Gasteiger partial charge in [0.1, 0.15) is 12.3 Å². The third-order valence-electron chi connectivity index (χ3n) is 6.22. The van der Waals surface area contributed by atoms with Crippen LogP contribution in [0.5, 0.6) is 0 Å². The van der Waals surface area contributed by atoms with Gasteiger partial charge in [-0.05, 0) is 54.3 Å². The van der Waals surface area contributed by atoms with Crippen molar-refractivity contribution in [2.45, 2.75) is 44.6 Å². The molecule has 0 bridgehead atoms. The normalized spacial score (nSPS) is 13.6. The van der Waals surface area contributed by atoms with Crippen LogP contribution in [0.1, 0.15) is 18.9 Å². The Morgan fingerprint density at radius 3 is 2.41 bits per heavy atom. The van der Waals surface area contributed by atoms with Crippen LogP contribution in [0, 0.1) is 11.8 Å². The molecule has 0 radical (unpaired) electrons. The third kappa shape index (κ3) is 6.76. The fraction of sp³-hybridized carbons (Fsp3) is 0.370. The number of amides is 1. The number of aromatic nitrogens is 1. The van der Waals surface area contributed by atoms with Crippen molar-refractivity contribution in [3.8, 4) is 11.8 Å². The molecule has 3 aromatic rings. The molecule has 0 spiro atoms. The summed E-state index contributed by atoms with van der Waals surface area (Å²) in [4.78, 5) is 11.7. The number of benzene rings is 2. The quantitative estimate of drug-likeness (QED) is 0.163. The monoisotopic (exact) mass is 559 g/mol. The number of rotatable bonds is 10. The number of ether oxygens (including phenoxy) is 1. The molecule has 1 amide bonds. The van der Waals surface area contributed by atoms with Crippen molar-refractivity contribution in [2.75, 3.05) is 23.9 Å². The van der Waals surface area contributed by atoms with Crippen molar-refractivity contribution in [3.63, 3.8) is 0 Å². The maximum Gasteiger partial charge on any atom is 0.293 e. The summed E-state index contributed by atoms with van der Waals surface area (Å²) in [5.41, 5.74) is 6.54. The molecule has 7 nitrogen and oxygen atoms in total. The van der Waals surface area contributed by atoms with Gasteiger partial charge < -0.3 is 15.0 Å². The minimum atomic E-state index is -3.63. The second-order valence-corrected chi connectivity index (χ2v) is 18.2. The Kier molecular flexibility index (Phi) is 8.80. The number of halogens is 1. The van der Waals surface area contributed by atoms with E-state index < -0.39 is 29.5 Å². The minimum absolute atomic E-state index is 0.0782. The van der Waals surface area contributed by atoms with Crippen LogP contribution in [0.3, 0.4) is 0 Å². The maximum atomic E-state index is 12.8. The van der Waals surface area contributed by atoms with Crippen LogP contribution in [0.15, 0.2) is 54.7 Å². The van der Waals surface area contributed by atoms with Crippen molar-refractivity contribution in [2.24, 2.45) is 5.73 Å². The van der Waals surface area contributed by atoms with E-state index in [1.807, 2.05) is 42.0 Å². The number of hydrogen-bond donors (Lipinski definition) is 1. The van der Waals surface area contributed by atoms with Gasteiger partial charge in [0.2, 0.25) is 10.0 Å². The number of hydrogen-bond acceptors (Lipinski definition) is 4. The first kappa shape index (κ1) is 28.8. The van der Waals surface area contributed by atoms with Crippen LogP contribution >= 0.6 is 11.6 Å². The summed E-state index contributed by atoms with van der Waals surface area (Å²) in [5, 5.41) is 1.29.